The van der Waals surface area contributed by atoms with E-state index >= 15 is 0 Å². The molecule has 0 saturated heterocycles. The third-order valence-corrected chi connectivity index (χ3v) is 4.19. The Hall–Kier alpha value is -2.37. The van der Waals surface area contributed by atoms with E-state index in [4.69, 9.17) is 17.0 Å². The lowest BCUT2D eigenvalue weighted by atomic mass is 10.1. The molecule has 6 heteroatoms. The van der Waals surface area contributed by atoms with Gasteiger partial charge in [0.1, 0.15) is 0 Å². The molecule has 0 saturated carbocycles. The van der Waals surface area contributed by atoms with Gasteiger partial charge in [0.15, 0.2) is 5.78 Å². The molecule has 0 fully saturated rings. The Balaban J connectivity index is 2.07. The monoisotopic (exact) mass is 329 g/mol. The number of aliphatic hydroxyl groups is 1. The van der Waals surface area contributed by atoms with Gasteiger partial charge in [-0.1, -0.05) is 23.7 Å². The lowest BCUT2D eigenvalue weighted by molar-refractivity contribution is 0.0971. The standard InChI is InChI=1S/C17H16ClN3O2/c1-20-16-12(10-22)3-2-4-14(16)21(17(20)19)9-15(23)11-5-7-13(18)8-6-11/h2-8,19,22H,9-10H2,1H3. The number of para-hydroxylation sites is 1. The first-order chi connectivity index (χ1) is 11.0. The van der Waals surface area contributed by atoms with Crippen molar-refractivity contribution >= 4 is 28.4 Å². The van der Waals surface area contributed by atoms with E-state index in [-0.39, 0.29) is 24.6 Å². The maximum atomic E-state index is 12.5. The number of rotatable bonds is 4. The number of ketones is 1. The highest BCUT2D eigenvalue weighted by molar-refractivity contribution is 6.30. The molecule has 0 amide bonds. The smallest absolute Gasteiger partial charge is 0.203 e. The first-order valence-electron chi connectivity index (χ1n) is 7.14. The van der Waals surface area contributed by atoms with Crippen LogP contribution in [0, 0.1) is 5.41 Å². The van der Waals surface area contributed by atoms with Crippen molar-refractivity contribution in [3.05, 3.63) is 64.2 Å². The quantitative estimate of drug-likeness (QED) is 0.722. The largest absolute Gasteiger partial charge is 0.392 e. The van der Waals surface area contributed by atoms with Crippen molar-refractivity contribution in [1.29, 1.82) is 5.41 Å². The molecule has 0 aliphatic rings. The Morgan fingerprint density at radius 3 is 2.57 bits per heavy atom. The molecule has 0 aliphatic carbocycles. The molecule has 3 aromatic rings. The second-order valence-corrected chi connectivity index (χ2v) is 5.78. The van der Waals surface area contributed by atoms with Crippen LogP contribution in [0.5, 0.6) is 0 Å². The Bertz CT molecular complexity index is 939. The zero-order valence-electron chi connectivity index (χ0n) is 12.6. The zero-order valence-corrected chi connectivity index (χ0v) is 13.3. The molecule has 0 radical (unpaired) electrons. The predicted octanol–water partition coefficient (Wildman–Crippen LogP) is 2.49. The maximum absolute atomic E-state index is 12.5. The van der Waals surface area contributed by atoms with Crippen molar-refractivity contribution in [2.45, 2.75) is 13.2 Å². The number of carbonyl (C=O) groups is 1. The van der Waals surface area contributed by atoms with Gasteiger partial charge in [-0.3, -0.25) is 10.2 Å². The summed E-state index contributed by atoms with van der Waals surface area (Å²) in [7, 11) is 1.76. The normalized spacial score (nSPS) is 11.1. The van der Waals surface area contributed by atoms with Crippen LogP contribution in [0.25, 0.3) is 11.0 Å². The molecule has 3 rings (SSSR count). The molecular weight excluding hydrogens is 314 g/mol. The minimum atomic E-state index is -0.111. The second kappa shape index (κ2) is 6.02. The van der Waals surface area contributed by atoms with Crippen LogP contribution in [0.2, 0.25) is 5.02 Å². The molecule has 23 heavy (non-hydrogen) atoms. The minimum absolute atomic E-state index is 0.0622. The maximum Gasteiger partial charge on any atom is 0.203 e. The lowest BCUT2D eigenvalue weighted by Gasteiger charge is -2.05. The summed E-state index contributed by atoms with van der Waals surface area (Å²) >= 11 is 5.84. The molecule has 0 aliphatic heterocycles. The van der Waals surface area contributed by atoms with Crippen LogP contribution in [0.15, 0.2) is 42.5 Å². The number of imidazole rings is 1. The summed E-state index contributed by atoms with van der Waals surface area (Å²) in [5.41, 5.74) is 3.02. The van der Waals surface area contributed by atoms with Gasteiger partial charge in [0.25, 0.3) is 0 Å². The Labute approximate surface area is 137 Å². The number of hydrogen-bond donors (Lipinski definition) is 2. The number of benzene rings is 2. The highest BCUT2D eigenvalue weighted by atomic mass is 35.5. The summed E-state index contributed by atoms with van der Waals surface area (Å²) in [6.07, 6.45) is 0. The van der Waals surface area contributed by atoms with Crippen molar-refractivity contribution in [3.63, 3.8) is 0 Å². The number of nitrogens with zero attached hydrogens (tertiary/aromatic N) is 2. The molecule has 0 spiro atoms. The third-order valence-electron chi connectivity index (χ3n) is 3.94. The highest BCUT2D eigenvalue weighted by Crippen LogP contribution is 2.18. The zero-order chi connectivity index (χ0) is 16.6. The van der Waals surface area contributed by atoms with Crippen LogP contribution >= 0.6 is 11.6 Å². The van der Waals surface area contributed by atoms with Crippen LogP contribution < -0.4 is 5.62 Å². The van der Waals surface area contributed by atoms with Crippen LogP contribution in [0.3, 0.4) is 0 Å². The summed E-state index contributed by atoms with van der Waals surface area (Å²) in [6.45, 7) is -0.0492. The number of hydrogen-bond acceptors (Lipinski definition) is 3. The molecule has 5 nitrogen and oxygen atoms in total. The SMILES string of the molecule is Cn1c(=N)n(CC(=O)c2ccc(Cl)cc2)c2cccc(CO)c21. The lowest BCUT2D eigenvalue weighted by Crippen LogP contribution is -2.25. The minimum Gasteiger partial charge on any atom is -0.392 e. The van der Waals surface area contributed by atoms with E-state index in [2.05, 4.69) is 0 Å². The molecular formula is C17H16ClN3O2. The van der Waals surface area contributed by atoms with Crippen molar-refractivity contribution in [2.24, 2.45) is 7.05 Å². The number of aliphatic hydroxyl groups excluding tert-OH is 1. The predicted molar refractivity (Wildman–Crippen MR) is 88.5 cm³/mol. The van der Waals surface area contributed by atoms with Crippen LogP contribution in [-0.2, 0) is 20.2 Å². The van der Waals surface area contributed by atoms with Gasteiger partial charge in [-0.05, 0) is 30.3 Å². The summed E-state index contributed by atoms with van der Waals surface area (Å²) < 4.78 is 3.32. The summed E-state index contributed by atoms with van der Waals surface area (Å²) in [5, 5.41) is 18.3. The summed E-state index contributed by atoms with van der Waals surface area (Å²) in [6, 6.07) is 12.2. The second-order valence-electron chi connectivity index (χ2n) is 5.34. The molecule has 118 valence electrons. The van der Waals surface area contributed by atoms with E-state index in [1.54, 1.807) is 40.4 Å². The van der Waals surface area contributed by atoms with E-state index in [0.29, 0.717) is 10.6 Å². The van der Waals surface area contributed by atoms with Crippen molar-refractivity contribution < 1.29 is 9.90 Å². The van der Waals surface area contributed by atoms with E-state index in [1.807, 2.05) is 18.2 Å². The van der Waals surface area contributed by atoms with Crippen LogP contribution in [0.4, 0.5) is 0 Å². The van der Waals surface area contributed by atoms with Gasteiger partial charge in [-0.25, -0.2) is 0 Å². The van der Waals surface area contributed by atoms with E-state index in [0.717, 1.165) is 16.6 Å². The molecule has 2 aromatic carbocycles. The number of carbonyl (C=O) groups excluding carboxylic acids is 1. The summed E-state index contributed by atoms with van der Waals surface area (Å²) in [5.74, 6) is -0.0953. The topological polar surface area (TPSA) is 71.0 Å². The van der Waals surface area contributed by atoms with Crippen LogP contribution in [0.1, 0.15) is 15.9 Å². The molecule has 0 bridgehead atoms. The van der Waals surface area contributed by atoms with E-state index in [9.17, 15) is 9.90 Å². The fraction of sp³-hybridized carbons (Fsp3) is 0.176. The molecule has 1 aromatic heterocycles. The van der Waals surface area contributed by atoms with Gasteiger partial charge < -0.3 is 14.2 Å². The summed E-state index contributed by atoms with van der Waals surface area (Å²) in [4.78, 5) is 12.5. The van der Waals surface area contributed by atoms with E-state index < -0.39 is 0 Å². The average molecular weight is 330 g/mol. The number of Topliss-reactive ketones (excluding diaryl/α,β-unsaturated/α-hetero) is 1. The fourth-order valence-corrected chi connectivity index (χ4v) is 2.87. The molecule has 1 heterocycles. The molecule has 2 N–H and O–H groups in total. The number of aromatic nitrogens is 2. The number of halogens is 1. The van der Waals surface area contributed by atoms with E-state index in [1.165, 1.54) is 0 Å². The first kappa shape index (κ1) is 15.5. The molecule has 0 atom stereocenters. The van der Waals surface area contributed by atoms with Gasteiger partial charge in [-0.2, -0.15) is 0 Å². The van der Waals surface area contributed by atoms with Crippen molar-refractivity contribution in [3.8, 4) is 0 Å². The number of aryl methyl sites for hydroxylation is 1. The Kier molecular flexibility index (Phi) is 4.07. The number of nitrogens with one attached hydrogen (secondary N) is 1. The fourth-order valence-electron chi connectivity index (χ4n) is 2.74. The van der Waals surface area contributed by atoms with Crippen molar-refractivity contribution in [1.82, 2.24) is 9.13 Å². The van der Waals surface area contributed by atoms with Gasteiger partial charge in [0.05, 0.1) is 24.2 Å². The third kappa shape index (κ3) is 2.69. The van der Waals surface area contributed by atoms with Crippen molar-refractivity contribution in [2.75, 3.05) is 0 Å². The first-order valence-corrected chi connectivity index (χ1v) is 7.52. The average Bonchev–Trinajstić information content (AvgIpc) is 2.80. The molecule has 0 unspecified atom stereocenters. The van der Waals surface area contributed by atoms with Gasteiger partial charge in [0.2, 0.25) is 5.62 Å². The highest BCUT2D eigenvalue weighted by Gasteiger charge is 2.15. The number of fused-ring (bicyclic) bond motifs is 1. The van der Waals surface area contributed by atoms with Crippen LogP contribution in [-0.4, -0.2) is 20.0 Å². The van der Waals surface area contributed by atoms with Gasteiger partial charge in [-0.15, -0.1) is 0 Å². The van der Waals surface area contributed by atoms with Gasteiger partial charge in [0, 0.05) is 23.2 Å². The Morgan fingerprint density at radius 2 is 1.91 bits per heavy atom. The Morgan fingerprint density at radius 1 is 1.22 bits per heavy atom. The van der Waals surface area contributed by atoms with Gasteiger partial charge >= 0.3 is 0 Å².